The van der Waals surface area contributed by atoms with Gasteiger partial charge in [-0.1, -0.05) is 6.08 Å². The minimum Gasteiger partial charge on any atom is -0.299 e. The van der Waals surface area contributed by atoms with Gasteiger partial charge in [0, 0.05) is 12.8 Å². The van der Waals surface area contributed by atoms with Crippen LogP contribution in [0, 0.1) is 0 Å². The highest BCUT2D eigenvalue weighted by Gasteiger charge is 2.12. The lowest BCUT2D eigenvalue weighted by Crippen LogP contribution is -2.07. The average molecular weight is 138 g/mol. The Hall–Kier alpha value is -0.920. The van der Waals surface area contributed by atoms with Gasteiger partial charge in [-0.05, 0) is 18.9 Å². The Morgan fingerprint density at radius 3 is 2.60 bits per heavy atom. The minimum atomic E-state index is 0.104. The number of ketones is 2. The molecule has 0 aromatic carbocycles. The molecule has 0 bridgehead atoms. The molecule has 0 spiro atoms. The van der Waals surface area contributed by atoms with Crippen LogP contribution in [0.4, 0.5) is 0 Å². The lowest BCUT2D eigenvalue weighted by atomic mass is 9.96. The van der Waals surface area contributed by atoms with Gasteiger partial charge >= 0.3 is 0 Å². The van der Waals surface area contributed by atoms with Gasteiger partial charge in [-0.25, -0.2) is 0 Å². The first kappa shape index (κ1) is 7.19. The molecule has 2 nitrogen and oxygen atoms in total. The molecule has 0 N–H and O–H groups in total. The van der Waals surface area contributed by atoms with Crippen molar-refractivity contribution in [1.29, 1.82) is 0 Å². The van der Waals surface area contributed by atoms with Crippen molar-refractivity contribution in [3.63, 3.8) is 0 Å². The van der Waals surface area contributed by atoms with Crippen LogP contribution in [0.15, 0.2) is 11.6 Å². The molecule has 0 saturated carbocycles. The van der Waals surface area contributed by atoms with Gasteiger partial charge < -0.3 is 0 Å². The molecule has 0 aromatic rings. The zero-order valence-electron chi connectivity index (χ0n) is 6.02. The summed E-state index contributed by atoms with van der Waals surface area (Å²) in [4.78, 5) is 21.4. The van der Waals surface area contributed by atoms with Crippen molar-refractivity contribution in [2.75, 3.05) is 0 Å². The zero-order valence-corrected chi connectivity index (χ0v) is 6.02. The van der Waals surface area contributed by atoms with Crippen molar-refractivity contribution in [2.24, 2.45) is 0 Å². The van der Waals surface area contributed by atoms with Crippen molar-refractivity contribution >= 4 is 11.6 Å². The molecule has 0 saturated heterocycles. The fourth-order valence-electron chi connectivity index (χ4n) is 1.04. The molecule has 2 heteroatoms. The molecule has 0 atom stereocenters. The molecular weight excluding hydrogens is 128 g/mol. The molecule has 0 unspecified atom stereocenters. The number of Topliss-reactive ketones (excluding diaryl/α,β-unsaturated/α-hetero) is 2. The van der Waals surface area contributed by atoms with E-state index in [4.69, 9.17) is 0 Å². The first-order valence-corrected chi connectivity index (χ1v) is 3.42. The van der Waals surface area contributed by atoms with Gasteiger partial charge in [0.15, 0.2) is 5.78 Å². The SMILES string of the molecule is CC(=O)C1=CCC(=O)CC1. The molecule has 0 heterocycles. The summed E-state index contributed by atoms with van der Waals surface area (Å²) in [6, 6.07) is 0. The zero-order chi connectivity index (χ0) is 7.56. The summed E-state index contributed by atoms with van der Waals surface area (Å²) in [5.74, 6) is 0.345. The minimum absolute atomic E-state index is 0.104. The van der Waals surface area contributed by atoms with Crippen LogP contribution in [0.25, 0.3) is 0 Å². The van der Waals surface area contributed by atoms with Gasteiger partial charge in [-0.2, -0.15) is 0 Å². The van der Waals surface area contributed by atoms with Crippen LogP contribution in [0.2, 0.25) is 0 Å². The van der Waals surface area contributed by atoms with Crippen molar-refractivity contribution in [3.05, 3.63) is 11.6 Å². The number of carbonyl (C=O) groups excluding carboxylic acids is 2. The fourth-order valence-corrected chi connectivity index (χ4v) is 1.04. The maximum atomic E-state index is 10.7. The Morgan fingerprint density at radius 1 is 1.50 bits per heavy atom. The molecule has 1 rings (SSSR count). The third kappa shape index (κ3) is 1.53. The van der Waals surface area contributed by atoms with Crippen molar-refractivity contribution < 1.29 is 9.59 Å². The quantitative estimate of drug-likeness (QED) is 0.546. The number of hydrogen-bond donors (Lipinski definition) is 0. The summed E-state index contributed by atoms with van der Waals surface area (Å²) in [7, 11) is 0. The number of allylic oxidation sites excluding steroid dienone is 2. The third-order valence-corrected chi connectivity index (χ3v) is 1.70. The van der Waals surface area contributed by atoms with E-state index in [0.29, 0.717) is 19.3 Å². The van der Waals surface area contributed by atoms with Gasteiger partial charge in [0.2, 0.25) is 0 Å². The summed E-state index contributed by atoms with van der Waals surface area (Å²) < 4.78 is 0. The van der Waals surface area contributed by atoms with Crippen LogP contribution >= 0.6 is 0 Å². The summed E-state index contributed by atoms with van der Waals surface area (Å²) in [6.07, 6.45) is 3.39. The highest BCUT2D eigenvalue weighted by Crippen LogP contribution is 2.14. The van der Waals surface area contributed by atoms with E-state index >= 15 is 0 Å². The van der Waals surface area contributed by atoms with Crippen LogP contribution < -0.4 is 0 Å². The first-order chi connectivity index (χ1) is 4.70. The van der Waals surface area contributed by atoms with Gasteiger partial charge in [-0.15, -0.1) is 0 Å². The van der Waals surface area contributed by atoms with Crippen LogP contribution in [0.3, 0.4) is 0 Å². The lowest BCUT2D eigenvalue weighted by molar-refractivity contribution is -0.118. The Labute approximate surface area is 59.9 Å². The second kappa shape index (κ2) is 2.78. The fraction of sp³-hybridized carbons (Fsp3) is 0.500. The second-order valence-corrected chi connectivity index (χ2v) is 2.53. The molecule has 0 aromatic heterocycles. The van der Waals surface area contributed by atoms with E-state index in [-0.39, 0.29) is 11.6 Å². The van der Waals surface area contributed by atoms with E-state index in [2.05, 4.69) is 0 Å². The van der Waals surface area contributed by atoms with Gasteiger partial charge in [0.1, 0.15) is 5.78 Å². The molecule has 10 heavy (non-hydrogen) atoms. The van der Waals surface area contributed by atoms with Gasteiger partial charge in [-0.3, -0.25) is 9.59 Å². The summed E-state index contributed by atoms with van der Waals surface area (Å²) in [5, 5.41) is 0. The Morgan fingerprint density at radius 2 is 2.20 bits per heavy atom. The van der Waals surface area contributed by atoms with Gasteiger partial charge in [0.05, 0.1) is 0 Å². The third-order valence-electron chi connectivity index (χ3n) is 1.70. The molecule has 1 aliphatic rings. The Kier molecular flexibility index (Phi) is 2.00. The smallest absolute Gasteiger partial charge is 0.155 e. The highest BCUT2D eigenvalue weighted by molar-refractivity contribution is 5.96. The number of hydrogen-bond acceptors (Lipinski definition) is 2. The van der Waals surface area contributed by atoms with Crippen LogP contribution in [-0.2, 0) is 9.59 Å². The number of rotatable bonds is 1. The van der Waals surface area contributed by atoms with Crippen molar-refractivity contribution in [3.8, 4) is 0 Å². The van der Waals surface area contributed by atoms with E-state index in [9.17, 15) is 9.59 Å². The highest BCUT2D eigenvalue weighted by atomic mass is 16.1. The lowest BCUT2D eigenvalue weighted by Gasteiger charge is -2.07. The Balaban J connectivity index is 2.65. The molecule has 0 amide bonds. The average Bonchev–Trinajstić information content (AvgIpc) is 1.88. The largest absolute Gasteiger partial charge is 0.299 e. The Bertz CT molecular complexity index is 201. The molecule has 0 aliphatic heterocycles. The molecular formula is C8H10O2. The standard InChI is InChI=1S/C8H10O2/c1-6(9)7-2-4-8(10)5-3-7/h2H,3-5H2,1H3. The normalized spacial score (nSPS) is 18.5. The van der Waals surface area contributed by atoms with Crippen molar-refractivity contribution in [2.45, 2.75) is 26.2 Å². The molecule has 1 aliphatic carbocycles. The van der Waals surface area contributed by atoms with Gasteiger partial charge in [0.25, 0.3) is 0 Å². The van der Waals surface area contributed by atoms with E-state index < -0.39 is 0 Å². The maximum absolute atomic E-state index is 10.7. The molecule has 0 fully saturated rings. The van der Waals surface area contributed by atoms with Crippen LogP contribution in [-0.4, -0.2) is 11.6 Å². The maximum Gasteiger partial charge on any atom is 0.155 e. The molecule has 0 radical (unpaired) electrons. The van der Waals surface area contributed by atoms with E-state index in [0.717, 1.165) is 5.57 Å². The van der Waals surface area contributed by atoms with E-state index in [1.165, 1.54) is 0 Å². The number of carbonyl (C=O) groups is 2. The van der Waals surface area contributed by atoms with E-state index in [1.807, 2.05) is 0 Å². The monoisotopic (exact) mass is 138 g/mol. The summed E-state index contributed by atoms with van der Waals surface area (Å²) in [6.45, 7) is 1.54. The summed E-state index contributed by atoms with van der Waals surface area (Å²) in [5.41, 5.74) is 0.819. The topological polar surface area (TPSA) is 34.1 Å². The predicted molar refractivity (Wildman–Crippen MR) is 37.6 cm³/mol. The predicted octanol–water partition coefficient (Wildman–Crippen LogP) is 1.25. The van der Waals surface area contributed by atoms with Crippen LogP contribution in [0.1, 0.15) is 26.2 Å². The first-order valence-electron chi connectivity index (χ1n) is 3.42. The second-order valence-electron chi connectivity index (χ2n) is 2.53. The molecule has 54 valence electrons. The van der Waals surface area contributed by atoms with Crippen molar-refractivity contribution in [1.82, 2.24) is 0 Å². The van der Waals surface area contributed by atoms with E-state index in [1.54, 1.807) is 13.0 Å². The van der Waals surface area contributed by atoms with Crippen LogP contribution in [0.5, 0.6) is 0 Å². The summed E-state index contributed by atoms with van der Waals surface area (Å²) >= 11 is 0.